The Morgan fingerprint density at radius 1 is 1.22 bits per heavy atom. The van der Waals surface area contributed by atoms with Crippen LogP contribution in [0.1, 0.15) is 27.3 Å². The standard InChI is InChI=1S/C23H23N5O3S/c1-15-24-19(14-32-15)23(29)27-10-11-31-20(13-27)18-12-28-21(4-3-5-22(28)26-18)25-16-6-8-17(30-2)9-7-16/h3-9,12,14,20,25H,10-11,13H2,1-2H3. The quantitative estimate of drug-likeness (QED) is 0.495. The molecule has 1 saturated heterocycles. The molecule has 3 aromatic heterocycles. The summed E-state index contributed by atoms with van der Waals surface area (Å²) in [6.45, 7) is 3.35. The van der Waals surface area contributed by atoms with Gasteiger partial charge in [-0.05, 0) is 43.3 Å². The maximum absolute atomic E-state index is 12.8. The number of amides is 1. The van der Waals surface area contributed by atoms with Crippen LogP contribution in [0, 0.1) is 6.92 Å². The smallest absolute Gasteiger partial charge is 0.273 e. The van der Waals surface area contributed by atoms with Crippen LogP contribution in [-0.4, -0.2) is 52.0 Å². The van der Waals surface area contributed by atoms with Gasteiger partial charge in [0.2, 0.25) is 0 Å². The van der Waals surface area contributed by atoms with E-state index in [9.17, 15) is 4.79 Å². The van der Waals surface area contributed by atoms with Crippen LogP contribution in [0.5, 0.6) is 5.75 Å². The molecular weight excluding hydrogens is 426 g/mol. The summed E-state index contributed by atoms with van der Waals surface area (Å²) in [5.74, 6) is 1.63. The normalized spacial score (nSPS) is 16.3. The average molecular weight is 450 g/mol. The molecule has 0 spiro atoms. The molecule has 8 nitrogen and oxygen atoms in total. The fraction of sp³-hybridized carbons (Fsp3) is 0.261. The van der Waals surface area contributed by atoms with Crippen LogP contribution in [0.3, 0.4) is 0 Å². The van der Waals surface area contributed by atoms with E-state index in [4.69, 9.17) is 14.5 Å². The fourth-order valence-electron chi connectivity index (χ4n) is 3.75. The van der Waals surface area contributed by atoms with E-state index in [2.05, 4.69) is 10.3 Å². The van der Waals surface area contributed by atoms with Crippen LogP contribution in [0.15, 0.2) is 54.0 Å². The number of rotatable bonds is 5. The first-order valence-electron chi connectivity index (χ1n) is 10.3. The van der Waals surface area contributed by atoms with Crippen molar-refractivity contribution in [3.8, 4) is 5.75 Å². The summed E-state index contributed by atoms with van der Waals surface area (Å²) in [7, 11) is 1.65. The number of benzene rings is 1. The third-order valence-corrected chi connectivity index (χ3v) is 6.17. The first kappa shape index (κ1) is 20.5. The Morgan fingerprint density at radius 2 is 2.06 bits per heavy atom. The first-order valence-corrected chi connectivity index (χ1v) is 11.2. The van der Waals surface area contributed by atoms with Gasteiger partial charge in [0.1, 0.15) is 29.0 Å². The number of hydrogen-bond acceptors (Lipinski definition) is 7. The van der Waals surface area contributed by atoms with E-state index in [0.29, 0.717) is 25.4 Å². The summed E-state index contributed by atoms with van der Waals surface area (Å²) in [6, 6.07) is 13.6. The molecule has 1 aliphatic rings. The Kier molecular flexibility index (Phi) is 5.50. The molecule has 32 heavy (non-hydrogen) atoms. The van der Waals surface area contributed by atoms with Crippen molar-refractivity contribution >= 4 is 34.4 Å². The number of fused-ring (bicyclic) bond motifs is 1. The third kappa shape index (κ3) is 4.04. The van der Waals surface area contributed by atoms with E-state index < -0.39 is 0 Å². The minimum Gasteiger partial charge on any atom is -0.497 e. The zero-order chi connectivity index (χ0) is 22.1. The monoisotopic (exact) mass is 449 g/mol. The maximum Gasteiger partial charge on any atom is 0.273 e. The highest BCUT2D eigenvalue weighted by atomic mass is 32.1. The first-order chi connectivity index (χ1) is 15.6. The lowest BCUT2D eigenvalue weighted by molar-refractivity contribution is -0.0246. The zero-order valence-corrected chi connectivity index (χ0v) is 18.6. The number of ether oxygens (including phenoxy) is 2. The molecule has 1 aliphatic heterocycles. The fourth-order valence-corrected chi connectivity index (χ4v) is 4.33. The Balaban J connectivity index is 1.37. The molecule has 4 aromatic rings. The van der Waals surface area contributed by atoms with Crippen molar-refractivity contribution in [2.45, 2.75) is 13.0 Å². The molecule has 0 radical (unpaired) electrons. The molecule has 164 valence electrons. The van der Waals surface area contributed by atoms with E-state index >= 15 is 0 Å². The molecule has 1 atom stereocenters. The molecule has 5 rings (SSSR count). The Labute approximate surface area is 189 Å². The summed E-state index contributed by atoms with van der Waals surface area (Å²) in [6.07, 6.45) is 1.67. The third-order valence-electron chi connectivity index (χ3n) is 5.39. The van der Waals surface area contributed by atoms with Crippen LogP contribution in [0.4, 0.5) is 11.5 Å². The molecular formula is C23H23N5O3S. The number of thiazole rings is 1. The van der Waals surface area contributed by atoms with Gasteiger partial charge in [-0.2, -0.15) is 0 Å². The van der Waals surface area contributed by atoms with Crippen molar-refractivity contribution in [2.24, 2.45) is 0 Å². The van der Waals surface area contributed by atoms with E-state index in [1.807, 2.05) is 65.4 Å². The van der Waals surface area contributed by atoms with Gasteiger partial charge in [0.25, 0.3) is 5.91 Å². The highest BCUT2D eigenvalue weighted by molar-refractivity contribution is 7.09. The van der Waals surface area contributed by atoms with Gasteiger partial charge in [-0.3, -0.25) is 9.20 Å². The van der Waals surface area contributed by atoms with Crippen molar-refractivity contribution in [2.75, 3.05) is 32.1 Å². The highest BCUT2D eigenvalue weighted by Crippen LogP contribution is 2.26. The number of pyridine rings is 1. The van der Waals surface area contributed by atoms with E-state index in [1.165, 1.54) is 11.3 Å². The molecule has 0 aliphatic carbocycles. The number of nitrogens with one attached hydrogen (secondary N) is 1. The summed E-state index contributed by atoms with van der Waals surface area (Å²) in [5, 5.41) is 6.11. The number of anilines is 2. The van der Waals surface area contributed by atoms with Gasteiger partial charge >= 0.3 is 0 Å². The van der Waals surface area contributed by atoms with E-state index in [-0.39, 0.29) is 12.0 Å². The second-order valence-electron chi connectivity index (χ2n) is 7.52. The molecule has 1 N–H and O–H groups in total. The molecule has 1 unspecified atom stereocenters. The van der Waals surface area contributed by atoms with Crippen LogP contribution < -0.4 is 10.1 Å². The molecule has 9 heteroatoms. The lowest BCUT2D eigenvalue weighted by Gasteiger charge is -2.31. The van der Waals surface area contributed by atoms with Crippen molar-refractivity contribution in [1.82, 2.24) is 19.3 Å². The van der Waals surface area contributed by atoms with E-state index in [0.717, 1.165) is 33.6 Å². The minimum atomic E-state index is -0.291. The predicted molar refractivity (Wildman–Crippen MR) is 123 cm³/mol. The van der Waals surface area contributed by atoms with Crippen LogP contribution in [0.2, 0.25) is 0 Å². The Bertz CT molecular complexity index is 1250. The van der Waals surface area contributed by atoms with Crippen molar-refractivity contribution in [1.29, 1.82) is 0 Å². The molecule has 1 aromatic carbocycles. The van der Waals surface area contributed by atoms with Crippen LogP contribution in [0.25, 0.3) is 5.65 Å². The van der Waals surface area contributed by atoms with Gasteiger partial charge in [-0.1, -0.05) is 6.07 Å². The zero-order valence-electron chi connectivity index (χ0n) is 17.8. The molecule has 0 bridgehead atoms. The largest absolute Gasteiger partial charge is 0.497 e. The second kappa shape index (κ2) is 8.60. The lowest BCUT2D eigenvalue weighted by atomic mass is 10.2. The number of aromatic nitrogens is 3. The van der Waals surface area contributed by atoms with Crippen molar-refractivity contribution in [3.63, 3.8) is 0 Å². The molecule has 1 fully saturated rings. The summed E-state index contributed by atoms with van der Waals surface area (Å²) < 4.78 is 13.2. The van der Waals surface area contributed by atoms with Crippen molar-refractivity contribution < 1.29 is 14.3 Å². The molecule has 4 heterocycles. The number of methoxy groups -OCH3 is 1. The van der Waals surface area contributed by atoms with E-state index in [1.54, 1.807) is 12.0 Å². The number of imidazole rings is 1. The number of hydrogen-bond donors (Lipinski definition) is 1. The predicted octanol–water partition coefficient (Wildman–Crippen LogP) is 4.07. The number of nitrogens with zero attached hydrogens (tertiary/aromatic N) is 4. The van der Waals surface area contributed by atoms with Gasteiger partial charge < -0.3 is 19.7 Å². The van der Waals surface area contributed by atoms with Gasteiger partial charge in [-0.15, -0.1) is 11.3 Å². The highest BCUT2D eigenvalue weighted by Gasteiger charge is 2.29. The second-order valence-corrected chi connectivity index (χ2v) is 8.58. The van der Waals surface area contributed by atoms with Crippen LogP contribution >= 0.6 is 11.3 Å². The summed E-state index contributed by atoms with van der Waals surface area (Å²) in [5.41, 5.74) is 3.04. The lowest BCUT2D eigenvalue weighted by Crippen LogP contribution is -2.42. The Hall–Kier alpha value is -3.43. The number of morpholine rings is 1. The Morgan fingerprint density at radius 3 is 2.81 bits per heavy atom. The average Bonchev–Trinajstić information content (AvgIpc) is 3.46. The molecule has 1 amide bonds. The van der Waals surface area contributed by atoms with Gasteiger partial charge in [0.15, 0.2) is 0 Å². The number of aryl methyl sites for hydroxylation is 1. The van der Waals surface area contributed by atoms with Gasteiger partial charge in [0, 0.05) is 23.8 Å². The van der Waals surface area contributed by atoms with Crippen molar-refractivity contribution in [3.05, 3.63) is 70.4 Å². The molecule has 0 saturated carbocycles. The maximum atomic E-state index is 12.8. The number of carbonyl (C=O) groups excluding carboxylic acids is 1. The summed E-state index contributed by atoms with van der Waals surface area (Å²) >= 11 is 1.48. The topological polar surface area (TPSA) is 81.0 Å². The van der Waals surface area contributed by atoms with Gasteiger partial charge in [-0.25, -0.2) is 9.97 Å². The SMILES string of the molecule is COc1ccc(Nc2cccc3nc(C4CN(C(=O)c5csc(C)n5)CCO4)cn23)cc1. The number of carbonyl (C=O) groups is 1. The van der Waals surface area contributed by atoms with Crippen LogP contribution in [-0.2, 0) is 4.74 Å². The minimum absolute atomic E-state index is 0.0618. The van der Waals surface area contributed by atoms with Gasteiger partial charge in [0.05, 0.1) is 31.0 Å². The summed E-state index contributed by atoms with van der Waals surface area (Å²) in [4.78, 5) is 23.7.